The van der Waals surface area contributed by atoms with E-state index in [1.54, 1.807) is 6.07 Å². The van der Waals surface area contributed by atoms with Gasteiger partial charge in [-0.1, -0.05) is 19.1 Å². The number of benzene rings is 1. The summed E-state index contributed by atoms with van der Waals surface area (Å²) in [5.41, 5.74) is 1.92. The van der Waals surface area contributed by atoms with E-state index in [1.165, 1.54) is 12.5 Å². The zero-order chi connectivity index (χ0) is 10.8. The fourth-order valence-electron chi connectivity index (χ4n) is 2.35. The predicted octanol–water partition coefficient (Wildman–Crippen LogP) is 3.19. The first-order valence-electron chi connectivity index (χ1n) is 5.67. The van der Waals surface area contributed by atoms with E-state index in [2.05, 4.69) is 12.2 Å². The summed E-state index contributed by atoms with van der Waals surface area (Å²) in [6, 6.07) is 5.71. The van der Waals surface area contributed by atoms with Gasteiger partial charge in [0.05, 0.1) is 0 Å². The molecule has 2 heteroatoms. The minimum atomic E-state index is -0.0903. The molecule has 0 radical (unpaired) electrons. The summed E-state index contributed by atoms with van der Waals surface area (Å²) in [5, 5.41) is 3.47. The minimum Gasteiger partial charge on any atom is -0.310 e. The van der Waals surface area contributed by atoms with Crippen molar-refractivity contribution >= 4 is 0 Å². The molecular weight excluding hydrogens is 189 g/mol. The Balaban J connectivity index is 2.24. The molecule has 1 aromatic carbocycles. The fourth-order valence-corrected chi connectivity index (χ4v) is 2.35. The highest BCUT2D eigenvalue weighted by atomic mass is 19.1. The molecule has 1 fully saturated rings. The van der Waals surface area contributed by atoms with Gasteiger partial charge in [0.15, 0.2) is 0 Å². The van der Waals surface area contributed by atoms with Gasteiger partial charge in [-0.25, -0.2) is 4.39 Å². The third kappa shape index (κ3) is 2.20. The average molecular weight is 207 g/mol. The highest BCUT2D eigenvalue weighted by molar-refractivity contribution is 5.30. The predicted molar refractivity (Wildman–Crippen MR) is 60.3 cm³/mol. The first kappa shape index (κ1) is 10.6. The highest BCUT2D eigenvalue weighted by Gasteiger charge is 2.21. The van der Waals surface area contributed by atoms with E-state index in [0.717, 1.165) is 30.0 Å². The molecule has 0 bridgehead atoms. The van der Waals surface area contributed by atoms with Gasteiger partial charge in [0.25, 0.3) is 0 Å². The average Bonchev–Trinajstić information content (AvgIpc) is 2.22. The molecule has 1 heterocycles. The zero-order valence-electron chi connectivity index (χ0n) is 9.39. The smallest absolute Gasteiger partial charge is 0.126 e. The molecule has 0 amide bonds. The maximum absolute atomic E-state index is 13.4. The number of nitrogens with one attached hydrogen (secondary N) is 1. The van der Waals surface area contributed by atoms with Gasteiger partial charge >= 0.3 is 0 Å². The lowest BCUT2D eigenvalue weighted by atomic mass is 9.88. The van der Waals surface area contributed by atoms with E-state index in [-0.39, 0.29) is 5.82 Å². The Bertz CT molecular complexity index is 348. The van der Waals surface area contributed by atoms with Crippen molar-refractivity contribution in [3.05, 3.63) is 35.1 Å². The quantitative estimate of drug-likeness (QED) is 0.745. The number of halogens is 1. The van der Waals surface area contributed by atoms with E-state index in [9.17, 15) is 4.39 Å². The van der Waals surface area contributed by atoms with Crippen molar-refractivity contribution in [2.24, 2.45) is 5.92 Å². The first-order valence-corrected chi connectivity index (χ1v) is 5.67. The molecule has 0 saturated carbocycles. The molecule has 2 rings (SSSR count). The number of hydrogen-bond donors (Lipinski definition) is 1. The third-order valence-electron chi connectivity index (χ3n) is 3.35. The monoisotopic (exact) mass is 207 g/mol. The summed E-state index contributed by atoms with van der Waals surface area (Å²) in [5.74, 6) is 0.645. The van der Waals surface area contributed by atoms with Crippen LogP contribution in [0, 0.1) is 18.7 Å². The Kier molecular flexibility index (Phi) is 3.06. The summed E-state index contributed by atoms with van der Waals surface area (Å²) in [6.45, 7) is 5.18. The summed E-state index contributed by atoms with van der Waals surface area (Å²) in [4.78, 5) is 0. The van der Waals surface area contributed by atoms with Crippen molar-refractivity contribution < 1.29 is 4.39 Å². The summed E-state index contributed by atoms with van der Waals surface area (Å²) in [7, 11) is 0. The van der Waals surface area contributed by atoms with Gasteiger partial charge in [0, 0.05) is 6.04 Å². The Hall–Kier alpha value is -0.890. The van der Waals surface area contributed by atoms with Crippen LogP contribution in [0.25, 0.3) is 0 Å². The van der Waals surface area contributed by atoms with E-state index in [0.29, 0.717) is 6.04 Å². The third-order valence-corrected chi connectivity index (χ3v) is 3.35. The number of piperidine rings is 1. The topological polar surface area (TPSA) is 12.0 Å². The molecule has 1 aromatic rings. The van der Waals surface area contributed by atoms with Gasteiger partial charge in [-0.3, -0.25) is 0 Å². The maximum Gasteiger partial charge on any atom is 0.126 e. The van der Waals surface area contributed by atoms with Crippen LogP contribution in [-0.2, 0) is 0 Å². The summed E-state index contributed by atoms with van der Waals surface area (Å²) >= 11 is 0. The summed E-state index contributed by atoms with van der Waals surface area (Å²) < 4.78 is 13.4. The van der Waals surface area contributed by atoms with Crippen LogP contribution < -0.4 is 5.32 Å². The molecule has 0 aliphatic carbocycles. The number of hydrogen-bond acceptors (Lipinski definition) is 1. The fraction of sp³-hybridized carbons (Fsp3) is 0.538. The van der Waals surface area contributed by atoms with Crippen molar-refractivity contribution in [1.82, 2.24) is 5.32 Å². The molecule has 82 valence electrons. The number of rotatable bonds is 1. The van der Waals surface area contributed by atoms with Crippen LogP contribution in [0.3, 0.4) is 0 Å². The van der Waals surface area contributed by atoms with E-state index in [4.69, 9.17) is 0 Å². The normalized spacial score (nSPS) is 26.6. The maximum atomic E-state index is 13.4. The van der Waals surface area contributed by atoms with Crippen molar-refractivity contribution in [3.8, 4) is 0 Å². The molecule has 1 saturated heterocycles. The van der Waals surface area contributed by atoms with E-state index >= 15 is 0 Å². The SMILES string of the molecule is Cc1c(F)cccc1C1CC(C)CCN1. The Labute approximate surface area is 90.7 Å². The van der Waals surface area contributed by atoms with Crippen LogP contribution in [-0.4, -0.2) is 6.54 Å². The van der Waals surface area contributed by atoms with Gasteiger partial charge in [-0.15, -0.1) is 0 Å². The Morgan fingerprint density at radius 2 is 2.20 bits per heavy atom. The Morgan fingerprint density at radius 1 is 1.40 bits per heavy atom. The van der Waals surface area contributed by atoms with Crippen molar-refractivity contribution in [1.29, 1.82) is 0 Å². The second kappa shape index (κ2) is 4.31. The molecule has 1 N–H and O–H groups in total. The van der Waals surface area contributed by atoms with Crippen LogP contribution in [0.1, 0.15) is 36.9 Å². The molecule has 2 unspecified atom stereocenters. The van der Waals surface area contributed by atoms with Crippen molar-refractivity contribution in [2.45, 2.75) is 32.7 Å². The van der Waals surface area contributed by atoms with Gasteiger partial charge in [0.2, 0.25) is 0 Å². The van der Waals surface area contributed by atoms with Crippen LogP contribution >= 0.6 is 0 Å². The van der Waals surface area contributed by atoms with Crippen molar-refractivity contribution in [2.75, 3.05) is 6.54 Å². The minimum absolute atomic E-state index is 0.0903. The van der Waals surface area contributed by atoms with Gasteiger partial charge in [0.1, 0.15) is 5.82 Å². The molecule has 1 aliphatic heterocycles. The van der Waals surface area contributed by atoms with Crippen LogP contribution in [0.2, 0.25) is 0 Å². The van der Waals surface area contributed by atoms with Crippen LogP contribution in [0.4, 0.5) is 4.39 Å². The molecule has 1 aliphatic rings. The second-order valence-electron chi connectivity index (χ2n) is 4.59. The lowest BCUT2D eigenvalue weighted by molar-refractivity contribution is 0.324. The molecule has 1 nitrogen and oxygen atoms in total. The standard InChI is InChI=1S/C13H18FN/c1-9-6-7-15-13(8-9)11-4-3-5-12(14)10(11)2/h3-5,9,13,15H,6-8H2,1-2H3. The van der Waals surface area contributed by atoms with Gasteiger partial charge in [-0.2, -0.15) is 0 Å². The lowest BCUT2D eigenvalue weighted by Crippen LogP contribution is -2.31. The molecule has 2 atom stereocenters. The van der Waals surface area contributed by atoms with Crippen molar-refractivity contribution in [3.63, 3.8) is 0 Å². The van der Waals surface area contributed by atoms with Gasteiger partial charge < -0.3 is 5.32 Å². The largest absolute Gasteiger partial charge is 0.310 e. The van der Waals surface area contributed by atoms with E-state index in [1.807, 2.05) is 13.0 Å². The molecular formula is C13H18FN. The second-order valence-corrected chi connectivity index (χ2v) is 4.59. The van der Waals surface area contributed by atoms with Gasteiger partial charge in [-0.05, 0) is 49.4 Å². The van der Waals surface area contributed by atoms with Crippen LogP contribution in [0.5, 0.6) is 0 Å². The molecule has 0 spiro atoms. The molecule has 15 heavy (non-hydrogen) atoms. The molecule has 0 aromatic heterocycles. The zero-order valence-corrected chi connectivity index (χ0v) is 9.39. The first-order chi connectivity index (χ1) is 7.18. The highest BCUT2D eigenvalue weighted by Crippen LogP contribution is 2.29. The van der Waals surface area contributed by atoms with Crippen LogP contribution in [0.15, 0.2) is 18.2 Å². The lowest BCUT2D eigenvalue weighted by Gasteiger charge is -2.29. The summed E-state index contributed by atoms with van der Waals surface area (Å²) in [6.07, 6.45) is 2.34. The van der Waals surface area contributed by atoms with E-state index < -0.39 is 0 Å². The Morgan fingerprint density at radius 3 is 2.93 bits per heavy atom.